The molecule has 1 atom stereocenters. The summed E-state index contributed by atoms with van der Waals surface area (Å²) in [6.45, 7) is 3.43. The Bertz CT molecular complexity index is 858. The van der Waals surface area contributed by atoms with Crippen LogP contribution in [0.1, 0.15) is 49.4 Å². The Kier molecular flexibility index (Phi) is 7.51. The quantitative estimate of drug-likeness (QED) is 0.640. The fourth-order valence-electron chi connectivity index (χ4n) is 4.12. The molecule has 0 radical (unpaired) electrons. The topological polar surface area (TPSA) is 116 Å². The van der Waals surface area contributed by atoms with Crippen LogP contribution < -0.4 is 11.1 Å². The second kappa shape index (κ2) is 9.73. The highest BCUT2D eigenvalue weighted by atomic mass is 32.2. The average molecular weight is 458 g/mol. The minimum absolute atomic E-state index is 0.0803. The summed E-state index contributed by atoms with van der Waals surface area (Å²) in [6, 6.07) is 1.21. The molecule has 3 N–H and O–H groups in total. The third kappa shape index (κ3) is 5.02. The van der Waals surface area contributed by atoms with Gasteiger partial charge in [-0.05, 0) is 31.2 Å². The van der Waals surface area contributed by atoms with Crippen molar-refractivity contribution in [2.45, 2.75) is 51.1 Å². The van der Waals surface area contributed by atoms with Crippen molar-refractivity contribution >= 4 is 38.4 Å². The molecule has 11 heteroatoms. The molecule has 2 aliphatic rings. The Balaban J connectivity index is 1.55. The number of anilines is 1. The van der Waals surface area contributed by atoms with Gasteiger partial charge in [0.1, 0.15) is 5.00 Å². The maximum Gasteiger partial charge on any atom is 0.282 e. The summed E-state index contributed by atoms with van der Waals surface area (Å²) in [5.74, 6) is -0.823. The zero-order valence-electron chi connectivity index (χ0n) is 17.5. The molecule has 9 nitrogen and oxygen atoms in total. The van der Waals surface area contributed by atoms with E-state index >= 15 is 0 Å². The van der Waals surface area contributed by atoms with Gasteiger partial charge in [0.2, 0.25) is 5.91 Å². The monoisotopic (exact) mass is 457 g/mol. The summed E-state index contributed by atoms with van der Waals surface area (Å²) >= 11 is 1.25. The van der Waals surface area contributed by atoms with Crippen LogP contribution in [0.5, 0.6) is 0 Å². The number of carbonyl (C=O) groups excluding carboxylic acids is 2. The van der Waals surface area contributed by atoms with E-state index in [-0.39, 0.29) is 11.9 Å². The predicted octanol–water partition coefficient (Wildman–Crippen LogP) is 1.30. The molecule has 1 aliphatic heterocycles. The van der Waals surface area contributed by atoms with Crippen LogP contribution in [0.25, 0.3) is 0 Å². The van der Waals surface area contributed by atoms with Gasteiger partial charge in [0, 0.05) is 39.3 Å². The van der Waals surface area contributed by atoms with Crippen molar-refractivity contribution in [3.63, 3.8) is 0 Å². The number of hydrogen-bond acceptors (Lipinski definition) is 6. The Morgan fingerprint density at radius 1 is 1.20 bits per heavy atom. The van der Waals surface area contributed by atoms with E-state index < -0.39 is 22.2 Å². The molecule has 2 heterocycles. The lowest BCUT2D eigenvalue weighted by atomic mass is 9.96. The minimum Gasteiger partial charge on any atom is -0.366 e. The van der Waals surface area contributed by atoms with Gasteiger partial charge >= 0.3 is 0 Å². The second-order valence-corrected chi connectivity index (χ2v) is 10.8. The molecule has 0 bridgehead atoms. The Labute approximate surface area is 182 Å². The van der Waals surface area contributed by atoms with Crippen LogP contribution in [-0.4, -0.2) is 79.1 Å². The number of nitrogens with two attached hydrogens (primary N) is 1. The summed E-state index contributed by atoms with van der Waals surface area (Å²) in [6.07, 6.45) is 5.17. The molecule has 168 valence electrons. The first-order valence-electron chi connectivity index (χ1n) is 10.4. The van der Waals surface area contributed by atoms with Crippen LogP contribution in [0.2, 0.25) is 0 Å². The zero-order chi connectivity index (χ0) is 21.9. The molecule has 1 aliphatic carbocycles. The highest BCUT2D eigenvalue weighted by Crippen LogP contribution is 2.26. The van der Waals surface area contributed by atoms with Crippen molar-refractivity contribution in [2.24, 2.45) is 5.73 Å². The van der Waals surface area contributed by atoms with Crippen LogP contribution in [0.4, 0.5) is 5.00 Å². The number of hydrogen-bond donors (Lipinski definition) is 2. The lowest BCUT2D eigenvalue weighted by molar-refractivity contribution is -0.121. The van der Waals surface area contributed by atoms with E-state index in [9.17, 15) is 18.0 Å². The molecule has 1 aromatic heterocycles. The average Bonchev–Trinajstić information content (AvgIpc) is 3.21. The van der Waals surface area contributed by atoms with Gasteiger partial charge in [0.05, 0.1) is 11.6 Å². The number of primary amides is 1. The largest absolute Gasteiger partial charge is 0.366 e. The summed E-state index contributed by atoms with van der Waals surface area (Å²) in [7, 11) is -1.81. The van der Waals surface area contributed by atoms with E-state index in [0.29, 0.717) is 36.7 Å². The number of nitrogens with one attached hydrogen (secondary N) is 1. The van der Waals surface area contributed by atoms with Crippen LogP contribution in [0, 0.1) is 0 Å². The maximum absolute atomic E-state index is 13.0. The lowest BCUT2D eigenvalue weighted by Crippen LogP contribution is -2.57. The molecule has 1 saturated carbocycles. The molecule has 2 fully saturated rings. The van der Waals surface area contributed by atoms with Crippen LogP contribution in [0.15, 0.2) is 11.4 Å². The molecule has 1 aromatic rings. The van der Waals surface area contributed by atoms with Crippen LogP contribution >= 0.6 is 11.3 Å². The number of carbonyl (C=O) groups is 2. The minimum atomic E-state index is -3.50. The van der Waals surface area contributed by atoms with E-state index in [2.05, 4.69) is 5.32 Å². The molecular formula is C19H31N5O4S2. The third-order valence-corrected chi connectivity index (χ3v) is 9.02. The SMILES string of the molecule is CC(C(=O)Nc1sccc1C(N)=O)N1CCN(S(=O)(=O)N(C)C2CCCCC2)CC1. The highest BCUT2D eigenvalue weighted by molar-refractivity contribution is 7.86. The maximum atomic E-state index is 13.0. The zero-order valence-corrected chi connectivity index (χ0v) is 19.2. The molecule has 1 saturated heterocycles. The fraction of sp³-hybridized carbons (Fsp3) is 0.684. The Hall–Kier alpha value is -1.53. The smallest absolute Gasteiger partial charge is 0.282 e. The first-order chi connectivity index (χ1) is 14.2. The van der Waals surface area contributed by atoms with E-state index in [0.717, 1.165) is 25.7 Å². The van der Waals surface area contributed by atoms with Gasteiger partial charge in [0.15, 0.2) is 0 Å². The first-order valence-corrected chi connectivity index (χ1v) is 12.6. The molecule has 2 amide bonds. The number of nitrogens with zero attached hydrogens (tertiary/aromatic N) is 3. The molecule has 30 heavy (non-hydrogen) atoms. The highest BCUT2D eigenvalue weighted by Gasteiger charge is 2.36. The number of amides is 2. The van der Waals surface area contributed by atoms with E-state index in [4.69, 9.17) is 5.73 Å². The molecule has 1 unspecified atom stereocenters. The predicted molar refractivity (Wildman–Crippen MR) is 118 cm³/mol. The molecule has 0 aromatic carbocycles. The molecule has 0 spiro atoms. The van der Waals surface area contributed by atoms with Gasteiger partial charge in [-0.3, -0.25) is 14.5 Å². The summed E-state index contributed by atoms with van der Waals surface area (Å²) in [4.78, 5) is 26.0. The van der Waals surface area contributed by atoms with Crippen molar-refractivity contribution in [3.05, 3.63) is 17.0 Å². The number of thiophene rings is 1. The van der Waals surface area contributed by atoms with Crippen molar-refractivity contribution in [2.75, 3.05) is 38.5 Å². The molecular weight excluding hydrogens is 426 g/mol. The summed E-state index contributed by atoms with van der Waals surface area (Å²) < 4.78 is 29.1. The standard InChI is InChI=1S/C19H31N5O4S2/c1-14(18(26)21-19-16(17(20)25)8-13-29-19)23-9-11-24(12-10-23)30(27,28)22(2)15-6-4-3-5-7-15/h8,13-15H,3-7,9-12H2,1-2H3,(H2,20,25)(H,21,26). The molecule has 3 rings (SSSR count). The van der Waals surface area contributed by atoms with Gasteiger partial charge < -0.3 is 11.1 Å². The third-order valence-electron chi connectivity index (χ3n) is 6.15. The van der Waals surface area contributed by atoms with Crippen molar-refractivity contribution < 1.29 is 18.0 Å². The van der Waals surface area contributed by atoms with Gasteiger partial charge in [-0.15, -0.1) is 11.3 Å². The normalized spacial score (nSPS) is 20.9. The number of rotatable bonds is 7. The summed E-state index contributed by atoms with van der Waals surface area (Å²) in [5.41, 5.74) is 5.62. The number of piperazine rings is 1. The lowest BCUT2D eigenvalue weighted by Gasteiger charge is -2.40. The van der Waals surface area contributed by atoms with Gasteiger partial charge in [0.25, 0.3) is 16.1 Å². The van der Waals surface area contributed by atoms with Gasteiger partial charge in [-0.25, -0.2) is 0 Å². The van der Waals surface area contributed by atoms with E-state index in [1.165, 1.54) is 22.1 Å². The van der Waals surface area contributed by atoms with Crippen LogP contribution in [0.3, 0.4) is 0 Å². The summed E-state index contributed by atoms with van der Waals surface area (Å²) in [5, 5.41) is 4.91. The van der Waals surface area contributed by atoms with Crippen molar-refractivity contribution in [1.82, 2.24) is 13.5 Å². The first kappa shape index (κ1) is 23.1. The second-order valence-electron chi connectivity index (χ2n) is 7.94. The van der Waals surface area contributed by atoms with Crippen molar-refractivity contribution in [1.29, 1.82) is 0 Å². The van der Waals surface area contributed by atoms with Crippen molar-refractivity contribution in [3.8, 4) is 0 Å². The Morgan fingerprint density at radius 2 is 1.83 bits per heavy atom. The fourth-order valence-corrected chi connectivity index (χ4v) is 6.49. The van der Waals surface area contributed by atoms with Gasteiger partial charge in [-0.1, -0.05) is 19.3 Å². The van der Waals surface area contributed by atoms with E-state index in [1.807, 2.05) is 4.90 Å². The van der Waals surface area contributed by atoms with Crippen LogP contribution in [-0.2, 0) is 15.0 Å². The Morgan fingerprint density at radius 3 is 2.43 bits per heavy atom. The van der Waals surface area contributed by atoms with E-state index in [1.54, 1.807) is 29.7 Å². The van der Waals surface area contributed by atoms with Gasteiger partial charge in [-0.2, -0.15) is 17.0 Å².